The second-order valence-electron chi connectivity index (χ2n) is 4.55. The molecule has 1 aromatic carbocycles. The van der Waals surface area contributed by atoms with Crippen molar-refractivity contribution in [1.82, 2.24) is 10.6 Å². The molecular weight excluding hydrogens is 352 g/mol. The first kappa shape index (κ1) is 18.0. The van der Waals surface area contributed by atoms with E-state index in [0.717, 1.165) is 4.47 Å². The van der Waals surface area contributed by atoms with Gasteiger partial charge in [-0.1, -0.05) is 12.1 Å². The number of benzene rings is 1. The van der Waals surface area contributed by atoms with Crippen molar-refractivity contribution in [1.29, 1.82) is 0 Å². The van der Waals surface area contributed by atoms with E-state index in [1.54, 1.807) is 12.1 Å². The molecule has 8 heteroatoms. The standard InChI is InChI=1S/C14H19BrN4O3/c15-10-5-1-2-6-11(10)19-13(21)9-18-12(20)7-3-4-8-17-14(16)22/h1-2,5-6H,3-4,7-9H2,(H,18,20)(H,19,21)(H3,16,17,22). The number of anilines is 1. The zero-order valence-corrected chi connectivity index (χ0v) is 13.6. The van der Waals surface area contributed by atoms with Crippen LogP contribution < -0.4 is 21.7 Å². The fourth-order valence-corrected chi connectivity index (χ4v) is 2.03. The van der Waals surface area contributed by atoms with E-state index >= 15 is 0 Å². The Labute approximate surface area is 137 Å². The number of hydrogen-bond donors (Lipinski definition) is 4. The van der Waals surface area contributed by atoms with Gasteiger partial charge < -0.3 is 21.7 Å². The number of nitrogens with two attached hydrogens (primary N) is 1. The number of unbranched alkanes of at least 4 members (excludes halogenated alkanes) is 1. The van der Waals surface area contributed by atoms with Crippen LogP contribution in [0.1, 0.15) is 19.3 Å². The highest BCUT2D eigenvalue weighted by molar-refractivity contribution is 9.10. The third kappa shape index (κ3) is 7.63. The van der Waals surface area contributed by atoms with Crippen molar-refractivity contribution in [3.63, 3.8) is 0 Å². The summed E-state index contributed by atoms with van der Waals surface area (Å²) in [4.78, 5) is 33.7. The highest BCUT2D eigenvalue weighted by atomic mass is 79.9. The number of carbonyl (C=O) groups excluding carboxylic acids is 3. The van der Waals surface area contributed by atoms with E-state index in [1.165, 1.54) is 0 Å². The van der Waals surface area contributed by atoms with E-state index in [-0.39, 0.29) is 18.4 Å². The maximum absolute atomic E-state index is 11.7. The zero-order valence-electron chi connectivity index (χ0n) is 12.0. The van der Waals surface area contributed by atoms with Crippen LogP contribution in [0.15, 0.2) is 28.7 Å². The van der Waals surface area contributed by atoms with Crippen molar-refractivity contribution < 1.29 is 14.4 Å². The van der Waals surface area contributed by atoms with E-state index in [4.69, 9.17) is 5.73 Å². The SMILES string of the molecule is NC(=O)NCCCCC(=O)NCC(=O)Nc1ccccc1Br. The molecule has 22 heavy (non-hydrogen) atoms. The highest BCUT2D eigenvalue weighted by Crippen LogP contribution is 2.20. The maximum atomic E-state index is 11.7. The van der Waals surface area contributed by atoms with Crippen LogP contribution in [0.4, 0.5) is 10.5 Å². The zero-order chi connectivity index (χ0) is 16.4. The highest BCUT2D eigenvalue weighted by Gasteiger charge is 2.07. The molecule has 0 unspecified atom stereocenters. The molecule has 0 aliphatic rings. The first-order valence-electron chi connectivity index (χ1n) is 6.83. The van der Waals surface area contributed by atoms with Crippen LogP contribution >= 0.6 is 15.9 Å². The molecule has 1 rings (SSSR count). The molecular formula is C14H19BrN4O3. The van der Waals surface area contributed by atoms with Gasteiger partial charge >= 0.3 is 6.03 Å². The van der Waals surface area contributed by atoms with Gasteiger partial charge in [0.15, 0.2) is 0 Å². The minimum Gasteiger partial charge on any atom is -0.352 e. The fourth-order valence-electron chi connectivity index (χ4n) is 1.65. The number of amides is 4. The van der Waals surface area contributed by atoms with E-state index in [9.17, 15) is 14.4 Å². The van der Waals surface area contributed by atoms with Gasteiger partial charge in [0.05, 0.1) is 12.2 Å². The number of rotatable bonds is 8. The molecule has 4 amide bonds. The quantitative estimate of drug-likeness (QED) is 0.517. The van der Waals surface area contributed by atoms with Crippen LogP contribution in [0.25, 0.3) is 0 Å². The molecule has 0 atom stereocenters. The van der Waals surface area contributed by atoms with Crippen molar-refractivity contribution in [2.75, 3.05) is 18.4 Å². The minimum absolute atomic E-state index is 0.0836. The van der Waals surface area contributed by atoms with Gasteiger partial charge in [0, 0.05) is 17.4 Å². The topological polar surface area (TPSA) is 113 Å². The first-order valence-corrected chi connectivity index (χ1v) is 7.62. The van der Waals surface area contributed by atoms with Gasteiger partial charge in [0.1, 0.15) is 0 Å². The van der Waals surface area contributed by atoms with Gasteiger partial charge in [0.25, 0.3) is 0 Å². The Balaban J connectivity index is 2.17. The van der Waals surface area contributed by atoms with E-state index in [2.05, 4.69) is 31.9 Å². The van der Waals surface area contributed by atoms with Crippen molar-refractivity contribution in [3.05, 3.63) is 28.7 Å². The Morgan fingerprint density at radius 1 is 1.05 bits per heavy atom. The molecule has 5 N–H and O–H groups in total. The second-order valence-corrected chi connectivity index (χ2v) is 5.41. The van der Waals surface area contributed by atoms with Crippen LogP contribution in [0, 0.1) is 0 Å². The number of hydrogen-bond acceptors (Lipinski definition) is 3. The summed E-state index contributed by atoms with van der Waals surface area (Å²) in [6.45, 7) is 0.352. The van der Waals surface area contributed by atoms with Crippen LogP contribution in [0.2, 0.25) is 0 Å². The predicted octanol–water partition coefficient (Wildman–Crippen LogP) is 1.34. The number of primary amides is 1. The summed E-state index contributed by atoms with van der Waals surface area (Å²) in [6, 6.07) is 6.64. The molecule has 120 valence electrons. The second kappa shape index (κ2) is 9.78. The molecule has 0 aliphatic carbocycles. The third-order valence-electron chi connectivity index (χ3n) is 2.72. The summed E-state index contributed by atoms with van der Waals surface area (Å²) in [5, 5.41) is 7.68. The molecule has 0 heterocycles. The molecule has 1 aromatic rings. The summed E-state index contributed by atoms with van der Waals surface area (Å²) in [6.07, 6.45) is 1.56. The average Bonchev–Trinajstić information content (AvgIpc) is 2.47. The smallest absolute Gasteiger partial charge is 0.312 e. The molecule has 0 saturated carbocycles. The van der Waals surface area contributed by atoms with Crippen LogP contribution in [-0.4, -0.2) is 30.9 Å². The lowest BCUT2D eigenvalue weighted by Gasteiger charge is -2.08. The Morgan fingerprint density at radius 2 is 1.77 bits per heavy atom. The maximum Gasteiger partial charge on any atom is 0.312 e. The van der Waals surface area contributed by atoms with Gasteiger partial charge in [0.2, 0.25) is 11.8 Å². The predicted molar refractivity (Wildman–Crippen MR) is 87.2 cm³/mol. The van der Waals surface area contributed by atoms with Crippen LogP contribution in [0.3, 0.4) is 0 Å². The monoisotopic (exact) mass is 370 g/mol. The number of carbonyl (C=O) groups is 3. The Bertz CT molecular complexity index is 537. The molecule has 0 aliphatic heterocycles. The molecule has 0 radical (unpaired) electrons. The van der Waals surface area contributed by atoms with Gasteiger partial charge in [-0.3, -0.25) is 9.59 Å². The molecule has 0 spiro atoms. The molecule has 7 nitrogen and oxygen atoms in total. The van der Waals surface area contributed by atoms with Crippen molar-refractivity contribution in [3.8, 4) is 0 Å². The van der Waals surface area contributed by atoms with Crippen LogP contribution in [0.5, 0.6) is 0 Å². The van der Waals surface area contributed by atoms with Gasteiger partial charge in [-0.15, -0.1) is 0 Å². The summed E-state index contributed by atoms with van der Waals surface area (Å²) in [7, 11) is 0. The number of urea groups is 1. The fraction of sp³-hybridized carbons (Fsp3) is 0.357. The number of halogens is 1. The van der Waals surface area contributed by atoms with Gasteiger partial charge in [-0.25, -0.2) is 4.79 Å². The van der Waals surface area contributed by atoms with E-state index in [1.807, 2.05) is 12.1 Å². The Hall–Kier alpha value is -2.09. The van der Waals surface area contributed by atoms with Gasteiger partial charge in [-0.05, 0) is 40.9 Å². The lowest BCUT2D eigenvalue weighted by molar-refractivity contribution is -0.124. The van der Waals surface area contributed by atoms with Gasteiger partial charge in [-0.2, -0.15) is 0 Å². The Kier molecular flexibility index (Phi) is 7.98. The van der Waals surface area contributed by atoms with Crippen molar-refractivity contribution in [2.45, 2.75) is 19.3 Å². The lowest BCUT2D eigenvalue weighted by atomic mass is 10.2. The van der Waals surface area contributed by atoms with E-state index in [0.29, 0.717) is 31.5 Å². The minimum atomic E-state index is -0.576. The largest absolute Gasteiger partial charge is 0.352 e. The number of nitrogens with one attached hydrogen (secondary N) is 3. The number of para-hydroxylation sites is 1. The lowest BCUT2D eigenvalue weighted by Crippen LogP contribution is -2.33. The molecule has 0 saturated heterocycles. The first-order chi connectivity index (χ1) is 10.5. The molecule has 0 bridgehead atoms. The average molecular weight is 371 g/mol. The van der Waals surface area contributed by atoms with Crippen molar-refractivity contribution in [2.24, 2.45) is 5.73 Å². The summed E-state index contributed by atoms with van der Waals surface area (Å²) in [5.74, 6) is -0.503. The summed E-state index contributed by atoms with van der Waals surface area (Å²) < 4.78 is 0.775. The Morgan fingerprint density at radius 3 is 2.45 bits per heavy atom. The van der Waals surface area contributed by atoms with E-state index < -0.39 is 6.03 Å². The molecule has 0 fully saturated rings. The van der Waals surface area contributed by atoms with Crippen molar-refractivity contribution >= 4 is 39.5 Å². The normalized spacial score (nSPS) is 9.86. The third-order valence-corrected chi connectivity index (χ3v) is 3.42. The summed E-state index contributed by atoms with van der Waals surface area (Å²) in [5.41, 5.74) is 5.56. The van der Waals surface area contributed by atoms with Crippen LogP contribution in [-0.2, 0) is 9.59 Å². The molecule has 0 aromatic heterocycles. The summed E-state index contributed by atoms with van der Waals surface area (Å²) >= 11 is 3.32.